The van der Waals surface area contributed by atoms with Crippen LogP contribution in [0.3, 0.4) is 0 Å². The van der Waals surface area contributed by atoms with E-state index in [2.05, 4.69) is 10.6 Å². The van der Waals surface area contributed by atoms with E-state index in [0.29, 0.717) is 5.69 Å². The minimum Gasteiger partial charge on any atom is -0.393 e. The molecule has 0 aliphatic carbocycles. The van der Waals surface area contributed by atoms with E-state index in [9.17, 15) is 14.9 Å². The molecule has 7 heteroatoms. The maximum atomic E-state index is 12.0. The number of nitrogens with zero attached hydrogens (tertiary/aromatic N) is 1. The first kappa shape index (κ1) is 13.3. The fraction of sp³-hybridized carbons (Fsp3) is 0.417. The summed E-state index contributed by atoms with van der Waals surface area (Å²) in [6, 6.07) is 4.02. The standard InChI is InChI=1S/C12H16N4O3/c13-9-5-4-8(7-11(9)16(18)19)15-12(17)10-3-1-2-6-14-10/h4-5,7,10,14H,1-3,6,13H2,(H,15,17). The van der Waals surface area contributed by atoms with E-state index < -0.39 is 4.92 Å². The van der Waals surface area contributed by atoms with Gasteiger partial charge in [-0.2, -0.15) is 0 Å². The van der Waals surface area contributed by atoms with Gasteiger partial charge in [0.2, 0.25) is 5.91 Å². The molecule has 0 bridgehead atoms. The molecule has 4 N–H and O–H groups in total. The Kier molecular flexibility index (Phi) is 3.96. The van der Waals surface area contributed by atoms with Crippen molar-refractivity contribution in [2.45, 2.75) is 25.3 Å². The van der Waals surface area contributed by atoms with Crippen LogP contribution >= 0.6 is 0 Å². The van der Waals surface area contributed by atoms with Crippen molar-refractivity contribution in [2.24, 2.45) is 0 Å². The number of rotatable bonds is 3. The lowest BCUT2D eigenvalue weighted by Crippen LogP contribution is -2.43. The first-order valence-corrected chi connectivity index (χ1v) is 6.16. The van der Waals surface area contributed by atoms with E-state index in [0.717, 1.165) is 25.8 Å². The van der Waals surface area contributed by atoms with E-state index in [1.807, 2.05) is 0 Å². The van der Waals surface area contributed by atoms with Gasteiger partial charge in [0.15, 0.2) is 0 Å². The molecule has 1 aromatic carbocycles. The van der Waals surface area contributed by atoms with Crippen LogP contribution in [0.1, 0.15) is 19.3 Å². The van der Waals surface area contributed by atoms with Crippen LogP contribution in [0.25, 0.3) is 0 Å². The van der Waals surface area contributed by atoms with Crippen molar-refractivity contribution in [2.75, 3.05) is 17.6 Å². The van der Waals surface area contributed by atoms with Crippen LogP contribution in [0.4, 0.5) is 17.1 Å². The second kappa shape index (κ2) is 5.66. The summed E-state index contributed by atoms with van der Waals surface area (Å²) >= 11 is 0. The number of nitrogens with one attached hydrogen (secondary N) is 2. The summed E-state index contributed by atoms with van der Waals surface area (Å²) in [5, 5.41) is 16.6. The molecule has 1 atom stereocenters. The van der Waals surface area contributed by atoms with Crippen LogP contribution in [0.2, 0.25) is 0 Å². The first-order chi connectivity index (χ1) is 9.08. The van der Waals surface area contributed by atoms with E-state index >= 15 is 0 Å². The van der Waals surface area contributed by atoms with Gasteiger partial charge < -0.3 is 16.4 Å². The predicted octanol–water partition coefficient (Wildman–Crippen LogP) is 1.26. The van der Waals surface area contributed by atoms with Crippen LogP contribution in [0.5, 0.6) is 0 Å². The Morgan fingerprint density at radius 1 is 1.47 bits per heavy atom. The maximum absolute atomic E-state index is 12.0. The zero-order chi connectivity index (χ0) is 13.8. The quantitative estimate of drug-likeness (QED) is 0.432. The number of hydrogen-bond acceptors (Lipinski definition) is 5. The summed E-state index contributed by atoms with van der Waals surface area (Å²) in [6.07, 6.45) is 2.85. The third kappa shape index (κ3) is 3.19. The molecule has 1 aliphatic rings. The number of carbonyl (C=O) groups is 1. The molecule has 102 valence electrons. The lowest BCUT2D eigenvalue weighted by molar-refractivity contribution is -0.383. The average Bonchev–Trinajstić information content (AvgIpc) is 2.41. The van der Waals surface area contributed by atoms with Crippen molar-refractivity contribution >= 4 is 23.0 Å². The van der Waals surface area contributed by atoms with E-state index in [-0.39, 0.29) is 23.3 Å². The third-order valence-electron chi connectivity index (χ3n) is 3.12. The Labute approximate surface area is 110 Å². The topological polar surface area (TPSA) is 110 Å². The van der Waals surface area contributed by atoms with Gasteiger partial charge in [0.25, 0.3) is 5.69 Å². The van der Waals surface area contributed by atoms with Crippen molar-refractivity contribution in [3.63, 3.8) is 0 Å². The summed E-state index contributed by atoms with van der Waals surface area (Å²) in [7, 11) is 0. The third-order valence-corrected chi connectivity index (χ3v) is 3.12. The van der Waals surface area contributed by atoms with Crippen LogP contribution in [0, 0.1) is 10.1 Å². The minimum atomic E-state index is -0.566. The number of nitrogens with two attached hydrogens (primary N) is 1. The van der Waals surface area contributed by atoms with Crippen LogP contribution in [-0.4, -0.2) is 23.4 Å². The molecular formula is C12H16N4O3. The lowest BCUT2D eigenvalue weighted by Gasteiger charge is -2.22. The van der Waals surface area contributed by atoms with Crippen molar-refractivity contribution < 1.29 is 9.72 Å². The summed E-state index contributed by atoms with van der Waals surface area (Å²) < 4.78 is 0. The molecule has 0 saturated carbocycles. The summed E-state index contributed by atoms with van der Waals surface area (Å²) in [5.74, 6) is -0.168. The molecule has 0 aromatic heterocycles. The van der Waals surface area contributed by atoms with Gasteiger partial charge in [-0.3, -0.25) is 14.9 Å². The smallest absolute Gasteiger partial charge is 0.294 e. The molecule has 1 aliphatic heterocycles. The van der Waals surface area contributed by atoms with Gasteiger partial charge in [0.1, 0.15) is 5.69 Å². The first-order valence-electron chi connectivity index (χ1n) is 6.16. The van der Waals surface area contributed by atoms with Crippen molar-refractivity contribution in [1.29, 1.82) is 0 Å². The highest BCUT2D eigenvalue weighted by Crippen LogP contribution is 2.25. The van der Waals surface area contributed by atoms with E-state index in [1.54, 1.807) is 6.07 Å². The van der Waals surface area contributed by atoms with Gasteiger partial charge in [0, 0.05) is 11.8 Å². The Balaban J connectivity index is 2.08. The molecule has 1 saturated heterocycles. The molecule has 1 amide bonds. The molecule has 1 fully saturated rings. The summed E-state index contributed by atoms with van der Waals surface area (Å²) in [6.45, 7) is 0.819. The number of hydrogen-bond donors (Lipinski definition) is 3. The average molecular weight is 264 g/mol. The number of nitro groups is 1. The molecular weight excluding hydrogens is 248 g/mol. The number of nitrogen functional groups attached to an aromatic ring is 1. The molecule has 0 spiro atoms. The molecule has 0 radical (unpaired) electrons. The monoisotopic (exact) mass is 264 g/mol. The van der Waals surface area contributed by atoms with Gasteiger partial charge in [0.05, 0.1) is 11.0 Å². The number of piperidine rings is 1. The Hall–Kier alpha value is -2.15. The van der Waals surface area contributed by atoms with Crippen molar-refractivity contribution in [3.05, 3.63) is 28.3 Å². The Morgan fingerprint density at radius 2 is 2.26 bits per heavy atom. The highest BCUT2D eigenvalue weighted by atomic mass is 16.6. The van der Waals surface area contributed by atoms with Gasteiger partial charge >= 0.3 is 0 Å². The molecule has 1 heterocycles. The van der Waals surface area contributed by atoms with Crippen LogP contribution in [-0.2, 0) is 4.79 Å². The van der Waals surface area contributed by atoms with Gasteiger partial charge in [-0.15, -0.1) is 0 Å². The predicted molar refractivity (Wildman–Crippen MR) is 71.8 cm³/mol. The van der Waals surface area contributed by atoms with Crippen LogP contribution in [0.15, 0.2) is 18.2 Å². The SMILES string of the molecule is Nc1ccc(NC(=O)C2CCCCN2)cc1[N+](=O)[O-]. The highest BCUT2D eigenvalue weighted by Gasteiger charge is 2.21. The van der Waals surface area contributed by atoms with Crippen LogP contribution < -0.4 is 16.4 Å². The highest BCUT2D eigenvalue weighted by molar-refractivity contribution is 5.95. The second-order valence-electron chi connectivity index (χ2n) is 4.52. The zero-order valence-electron chi connectivity index (χ0n) is 10.4. The maximum Gasteiger partial charge on any atom is 0.294 e. The second-order valence-corrected chi connectivity index (χ2v) is 4.52. The lowest BCUT2D eigenvalue weighted by atomic mass is 10.0. The molecule has 1 aromatic rings. The minimum absolute atomic E-state index is 0.0822. The fourth-order valence-electron chi connectivity index (χ4n) is 2.08. The van der Waals surface area contributed by atoms with Gasteiger partial charge in [-0.05, 0) is 31.5 Å². The zero-order valence-corrected chi connectivity index (χ0v) is 10.4. The normalized spacial score (nSPS) is 18.8. The molecule has 19 heavy (non-hydrogen) atoms. The molecule has 1 unspecified atom stereocenters. The number of anilines is 2. The Morgan fingerprint density at radius 3 is 2.89 bits per heavy atom. The van der Waals surface area contributed by atoms with E-state index in [4.69, 9.17) is 5.73 Å². The number of amides is 1. The van der Waals surface area contributed by atoms with Gasteiger partial charge in [-0.1, -0.05) is 6.42 Å². The number of benzene rings is 1. The van der Waals surface area contributed by atoms with Gasteiger partial charge in [-0.25, -0.2) is 0 Å². The number of nitro benzene ring substituents is 1. The Bertz CT molecular complexity index is 498. The molecule has 2 rings (SSSR count). The van der Waals surface area contributed by atoms with Crippen molar-refractivity contribution in [1.82, 2.24) is 5.32 Å². The van der Waals surface area contributed by atoms with Crippen molar-refractivity contribution in [3.8, 4) is 0 Å². The fourth-order valence-corrected chi connectivity index (χ4v) is 2.08. The molecule has 7 nitrogen and oxygen atoms in total. The summed E-state index contributed by atoms with van der Waals surface area (Å²) in [5.41, 5.74) is 5.77. The largest absolute Gasteiger partial charge is 0.393 e. The number of carbonyl (C=O) groups excluding carboxylic acids is 1. The summed E-state index contributed by atoms with van der Waals surface area (Å²) in [4.78, 5) is 22.2. The van der Waals surface area contributed by atoms with E-state index in [1.165, 1.54) is 12.1 Å².